The average Bonchev–Trinajstić information content (AvgIpc) is 2.43. The minimum Gasteiger partial charge on any atom is -0.399 e. The summed E-state index contributed by atoms with van der Waals surface area (Å²) in [4.78, 5) is 2.33. The fraction of sp³-hybridized carbons (Fsp3) is 0.333. The molecule has 2 rings (SSSR count). The average molecular weight is 286 g/mol. The highest BCUT2D eigenvalue weighted by Gasteiger charge is 2.09. The topological polar surface area (TPSA) is 29.3 Å². The van der Waals surface area contributed by atoms with E-state index in [0.717, 1.165) is 42.9 Å². The van der Waals surface area contributed by atoms with Crippen molar-refractivity contribution in [1.82, 2.24) is 4.90 Å². The number of hydrogen-bond acceptors (Lipinski definition) is 2. The van der Waals surface area contributed by atoms with Gasteiger partial charge in [0, 0.05) is 18.8 Å². The van der Waals surface area contributed by atoms with Crippen LogP contribution in [-0.2, 0) is 13.1 Å². The van der Waals surface area contributed by atoms with E-state index in [1.54, 1.807) is 6.07 Å². The lowest BCUT2D eigenvalue weighted by atomic mass is 10.1. The zero-order valence-corrected chi connectivity index (χ0v) is 12.8. The molecule has 0 bridgehead atoms. The van der Waals surface area contributed by atoms with E-state index in [0.29, 0.717) is 0 Å². The standard InChI is InChI=1S/C18H23FN2/c1-3-9-21(12-15-5-4-6-18(20)10-15)13-16-11-17(19)8-7-14(16)2/h4-8,10-11H,3,9,12-13,20H2,1-2H3. The molecule has 0 fully saturated rings. The zero-order chi connectivity index (χ0) is 15.2. The Hall–Kier alpha value is -1.87. The van der Waals surface area contributed by atoms with Gasteiger partial charge in [0.15, 0.2) is 0 Å². The molecule has 0 radical (unpaired) electrons. The zero-order valence-electron chi connectivity index (χ0n) is 12.8. The second-order valence-corrected chi connectivity index (χ2v) is 5.53. The number of benzene rings is 2. The summed E-state index contributed by atoms with van der Waals surface area (Å²) in [6, 6.07) is 12.9. The number of nitrogen functional groups attached to an aromatic ring is 1. The van der Waals surface area contributed by atoms with Crippen LogP contribution in [0.2, 0.25) is 0 Å². The van der Waals surface area contributed by atoms with Gasteiger partial charge in [0.25, 0.3) is 0 Å². The highest BCUT2D eigenvalue weighted by atomic mass is 19.1. The summed E-state index contributed by atoms with van der Waals surface area (Å²) in [5.41, 5.74) is 9.99. The van der Waals surface area contributed by atoms with Crippen molar-refractivity contribution in [3.05, 3.63) is 65.0 Å². The second-order valence-electron chi connectivity index (χ2n) is 5.53. The Bertz CT molecular complexity index is 596. The van der Waals surface area contributed by atoms with E-state index in [2.05, 4.69) is 17.9 Å². The van der Waals surface area contributed by atoms with Crippen LogP contribution in [-0.4, -0.2) is 11.4 Å². The summed E-state index contributed by atoms with van der Waals surface area (Å²) < 4.78 is 13.4. The molecule has 0 unspecified atom stereocenters. The lowest BCUT2D eigenvalue weighted by molar-refractivity contribution is 0.256. The van der Waals surface area contributed by atoms with Gasteiger partial charge in [-0.1, -0.05) is 25.1 Å². The summed E-state index contributed by atoms with van der Waals surface area (Å²) in [6.07, 6.45) is 1.07. The van der Waals surface area contributed by atoms with Crippen molar-refractivity contribution >= 4 is 5.69 Å². The van der Waals surface area contributed by atoms with Crippen molar-refractivity contribution in [3.63, 3.8) is 0 Å². The third-order valence-corrected chi connectivity index (χ3v) is 3.60. The summed E-state index contributed by atoms with van der Waals surface area (Å²) in [5, 5.41) is 0. The van der Waals surface area contributed by atoms with Crippen LogP contribution in [0.4, 0.5) is 10.1 Å². The summed E-state index contributed by atoms with van der Waals surface area (Å²) in [7, 11) is 0. The van der Waals surface area contributed by atoms with Crippen LogP contribution in [0, 0.1) is 12.7 Å². The van der Waals surface area contributed by atoms with Crippen LogP contribution in [0.15, 0.2) is 42.5 Å². The van der Waals surface area contributed by atoms with Gasteiger partial charge in [-0.3, -0.25) is 4.90 Å². The van der Waals surface area contributed by atoms with Crippen molar-refractivity contribution in [2.45, 2.75) is 33.4 Å². The van der Waals surface area contributed by atoms with Gasteiger partial charge in [-0.2, -0.15) is 0 Å². The number of hydrogen-bond donors (Lipinski definition) is 1. The van der Waals surface area contributed by atoms with E-state index in [9.17, 15) is 4.39 Å². The monoisotopic (exact) mass is 286 g/mol. The Morgan fingerprint density at radius 2 is 1.90 bits per heavy atom. The lowest BCUT2D eigenvalue weighted by Crippen LogP contribution is -2.24. The molecule has 0 aliphatic heterocycles. The first-order valence-corrected chi connectivity index (χ1v) is 7.40. The van der Waals surface area contributed by atoms with Gasteiger partial charge >= 0.3 is 0 Å². The van der Waals surface area contributed by atoms with Crippen LogP contribution in [0.25, 0.3) is 0 Å². The maximum atomic E-state index is 13.4. The van der Waals surface area contributed by atoms with Crippen LogP contribution < -0.4 is 5.73 Å². The minimum atomic E-state index is -0.170. The summed E-state index contributed by atoms with van der Waals surface area (Å²) in [5.74, 6) is -0.170. The van der Waals surface area contributed by atoms with Gasteiger partial charge in [0.1, 0.15) is 5.82 Å². The van der Waals surface area contributed by atoms with Crippen LogP contribution in [0.3, 0.4) is 0 Å². The fourth-order valence-electron chi connectivity index (χ4n) is 2.53. The molecule has 112 valence electrons. The number of aryl methyl sites for hydroxylation is 1. The summed E-state index contributed by atoms with van der Waals surface area (Å²) >= 11 is 0. The lowest BCUT2D eigenvalue weighted by Gasteiger charge is -2.23. The molecule has 0 saturated carbocycles. The Morgan fingerprint density at radius 1 is 1.10 bits per heavy atom. The highest BCUT2D eigenvalue weighted by molar-refractivity contribution is 5.40. The van der Waals surface area contributed by atoms with E-state index in [-0.39, 0.29) is 5.82 Å². The number of nitrogens with zero attached hydrogens (tertiary/aromatic N) is 1. The number of nitrogens with two attached hydrogens (primary N) is 1. The molecular formula is C18H23FN2. The second kappa shape index (κ2) is 7.23. The van der Waals surface area contributed by atoms with E-state index >= 15 is 0 Å². The Balaban J connectivity index is 2.13. The molecule has 2 aromatic carbocycles. The molecule has 0 aliphatic rings. The molecule has 0 heterocycles. The number of rotatable bonds is 6. The molecule has 0 saturated heterocycles. The van der Waals surface area contributed by atoms with Crippen LogP contribution in [0.1, 0.15) is 30.0 Å². The van der Waals surface area contributed by atoms with Crippen LogP contribution in [0.5, 0.6) is 0 Å². The van der Waals surface area contributed by atoms with Crippen molar-refractivity contribution < 1.29 is 4.39 Å². The maximum Gasteiger partial charge on any atom is 0.123 e. The molecule has 3 heteroatoms. The smallest absolute Gasteiger partial charge is 0.123 e. The highest BCUT2D eigenvalue weighted by Crippen LogP contribution is 2.16. The quantitative estimate of drug-likeness (QED) is 0.809. The van der Waals surface area contributed by atoms with E-state index in [1.165, 1.54) is 11.6 Å². The Morgan fingerprint density at radius 3 is 2.62 bits per heavy atom. The first-order valence-electron chi connectivity index (χ1n) is 7.40. The third-order valence-electron chi connectivity index (χ3n) is 3.60. The summed E-state index contributed by atoms with van der Waals surface area (Å²) in [6.45, 7) is 6.75. The van der Waals surface area contributed by atoms with Crippen molar-refractivity contribution in [1.29, 1.82) is 0 Å². The number of anilines is 1. The van der Waals surface area contributed by atoms with E-state index < -0.39 is 0 Å². The van der Waals surface area contributed by atoms with Gasteiger partial charge in [-0.05, 0) is 60.8 Å². The van der Waals surface area contributed by atoms with Gasteiger partial charge in [-0.15, -0.1) is 0 Å². The molecule has 0 aliphatic carbocycles. The number of halogens is 1. The predicted octanol–water partition coefficient (Wildman–Crippen LogP) is 4.13. The van der Waals surface area contributed by atoms with Gasteiger partial charge in [-0.25, -0.2) is 4.39 Å². The van der Waals surface area contributed by atoms with Crippen molar-refractivity contribution in [3.8, 4) is 0 Å². The van der Waals surface area contributed by atoms with Gasteiger partial charge in [0.05, 0.1) is 0 Å². The molecular weight excluding hydrogens is 263 g/mol. The third kappa shape index (κ3) is 4.57. The van der Waals surface area contributed by atoms with Gasteiger partial charge < -0.3 is 5.73 Å². The molecule has 0 amide bonds. The molecule has 2 N–H and O–H groups in total. The van der Waals surface area contributed by atoms with Gasteiger partial charge in [0.2, 0.25) is 0 Å². The Labute approximate surface area is 126 Å². The maximum absolute atomic E-state index is 13.4. The van der Waals surface area contributed by atoms with Crippen molar-refractivity contribution in [2.24, 2.45) is 0 Å². The van der Waals surface area contributed by atoms with Crippen molar-refractivity contribution in [2.75, 3.05) is 12.3 Å². The molecule has 0 atom stereocenters. The minimum absolute atomic E-state index is 0.170. The molecule has 2 aromatic rings. The first-order chi connectivity index (χ1) is 10.1. The first kappa shape index (κ1) is 15.5. The SMILES string of the molecule is CCCN(Cc1cccc(N)c1)Cc1cc(F)ccc1C. The molecule has 21 heavy (non-hydrogen) atoms. The van der Waals surface area contributed by atoms with Crippen LogP contribution >= 0.6 is 0 Å². The molecule has 0 spiro atoms. The fourth-order valence-corrected chi connectivity index (χ4v) is 2.53. The normalized spacial score (nSPS) is 11.0. The molecule has 2 nitrogen and oxygen atoms in total. The van der Waals surface area contributed by atoms with E-state index in [4.69, 9.17) is 5.73 Å². The van der Waals surface area contributed by atoms with E-state index in [1.807, 2.05) is 31.2 Å². The Kier molecular flexibility index (Phi) is 5.34. The molecule has 0 aromatic heterocycles. The predicted molar refractivity (Wildman–Crippen MR) is 86.4 cm³/mol. The largest absolute Gasteiger partial charge is 0.399 e.